The summed E-state index contributed by atoms with van der Waals surface area (Å²) in [5, 5.41) is 31.0. The smallest absolute Gasteiger partial charge is 0.410 e. The van der Waals surface area contributed by atoms with Gasteiger partial charge < -0.3 is 24.8 Å². The van der Waals surface area contributed by atoms with Gasteiger partial charge in [0, 0.05) is 6.04 Å². The molecule has 0 spiro atoms. The van der Waals surface area contributed by atoms with Crippen molar-refractivity contribution in [2.75, 3.05) is 0 Å². The van der Waals surface area contributed by atoms with Crippen molar-refractivity contribution in [3.05, 3.63) is 95.6 Å². The fourth-order valence-corrected chi connectivity index (χ4v) is 7.24. The lowest BCUT2D eigenvalue weighted by Gasteiger charge is -2.34. The maximum Gasteiger partial charge on any atom is 0.410 e. The lowest BCUT2D eigenvalue weighted by Crippen LogP contribution is -2.46. The largest absolute Gasteiger partial charge is 0.508 e. The minimum Gasteiger partial charge on any atom is -0.508 e. The number of carbonyl (C=O) groups is 1. The van der Waals surface area contributed by atoms with Gasteiger partial charge in [0.05, 0.1) is 18.2 Å². The molecule has 1 heterocycles. The predicted molar refractivity (Wildman–Crippen MR) is 191 cm³/mol. The van der Waals surface area contributed by atoms with Crippen LogP contribution in [0.5, 0.6) is 11.5 Å². The van der Waals surface area contributed by atoms with Crippen molar-refractivity contribution in [1.29, 1.82) is 0 Å². The Hall–Kier alpha value is -3.55. The van der Waals surface area contributed by atoms with E-state index in [1.54, 1.807) is 23.1 Å². The quantitative estimate of drug-likeness (QED) is 0.190. The highest BCUT2D eigenvalue weighted by Crippen LogP contribution is 2.41. The Morgan fingerprint density at radius 3 is 2.19 bits per heavy atom. The van der Waals surface area contributed by atoms with E-state index in [-0.39, 0.29) is 23.9 Å². The Labute approximate surface area is 287 Å². The number of likely N-dealkylation sites (tertiary alicyclic amines) is 1. The first-order chi connectivity index (χ1) is 23.0. The summed E-state index contributed by atoms with van der Waals surface area (Å²) in [6, 6.07) is 24.3. The number of aromatic hydroxyl groups is 1. The van der Waals surface area contributed by atoms with Gasteiger partial charge in [-0.2, -0.15) is 0 Å². The van der Waals surface area contributed by atoms with Gasteiger partial charge >= 0.3 is 6.09 Å². The van der Waals surface area contributed by atoms with E-state index in [1.807, 2.05) is 81.4 Å². The zero-order valence-corrected chi connectivity index (χ0v) is 29.6. The third kappa shape index (κ3) is 10.7. The van der Waals surface area contributed by atoms with E-state index in [0.717, 1.165) is 61.1 Å². The molecule has 3 N–H and O–H groups in total. The first kappa shape index (κ1) is 37.3. The molecule has 7 nitrogen and oxygen atoms in total. The second kappa shape index (κ2) is 17.7. The monoisotopic (exact) mass is 659 g/mol. The van der Waals surface area contributed by atoms with Crippen molar-refractivity contribution < 1.29 is 29.6 Å². The van der Waals surface area contributed by atoms with Gasteiger partial charge in [0.2, 0.25) is 0 Å². The number of nitrogens with zero attached hydrogens (tertiary/aromatic N) is 1. The number of benzene rings is 3. The van der Waals surface area contributed by atoms with E-state index in [2.05, 4.69) is 13.8 Å². The molecule has 0 aromatic heterocycles. The molecule has 48 heavy (non-hydrogen) atoms. The average Bonchev–Trinajstić information content (AvgIpc) is 3.71. The van der Waals surface area contributed by atoms with Gasteiger partial charge in [-0.05, 0) is 106 Å². The Morgan fingerprint density at radius 1 is 0.833 bits per heavy atom. The van der Waals surface area contributed by atoms with Crippen molar-refractivity contribution in [3.63, 3.8) is 0 Å². The van der Waals surface area contributed by atoms with Crippen LogP contribution >= 0.6 is 0 Å². The number of rotatable bonds is 11. The van der Waals surface area contributed by atoms with Crippen molar-refractivity contribution >= 4 is 6.09 Å². The summed E-state index contributed by atoms with van der Waals surface area (Å²) in [5.74, 6) is 2.10. The molecule has 0 radical (unpaired) electrons. The molecule has 1 aliphatic carbocycles. The molecule has 0 bridgehead atoms. The molecule has 5 rings (SSSR count). The third-order valence-corrected chi connectivity index (χ3v) is 9.52. The highest BCUT2D eigenvalue weighted by atomic mass is 16.6. The molecule has 1 amide bonds. The number of ether oxygens (including phenoxy) is 2. The van der Waals surface area contributed by atoms with Crippen LogP contribution in [0.3, 0.4) is 0 Å². The van der Waals surface area contributed by atoms with Gasteiger partial charge in [-0.15, -0.1) is 0 Å². The van der Waals surface area contributed by atoms with E-state index < -0.39 is 17.8 Å². The summed E-state index contributed by atoms with van der Waals surface area (Å²) in [7, 11) is 0. The van der Waals surface area contributed by atoms with Gasteiger partial charge in [0.15, 0.2) is 0 Å². The van der Waals surface area contributed by atoms with E-state index in [9.17, 15) is 20.1 Å². The maximum absolute atomic E-state index is 13.0. The number of carbonyl (C=O) groups excluding carboxylic acids is 1. The van der Waals surface area contributed by atoms with Crippen LogP contribution in [-0.4, -0.2) is 44.0 Å². The van der Waals surface area contributed by atoms with Gasteiger partial charge in [-0.1, -0.05) is 94.1 Å². The molecular weight excluding hydrogens is 602 g/mol. The van der Waals surface area contributed by atoms with Crippen LogP contribution in [0.2, 0.25) is 0 Å². The Bertz CT molecular complexity index is 1410. The van der Waals surface area contributed by atoms with E-state index in [1.165, 1.54) is 19.3 Å². The fourth-order valence-electron chi connectivity index (χ4n) is 7.24. The molecule has 3 aromatic carbocycles. The Morgan fingerprint density at radius 2 is 1.52 bits per heavy atom. The highest BCUT2D eigenvalue weighted by Gasteiger charge is 2.42. The molecule has 6 atom stereocenters. The second-order valence-corrected chi connectivity index (χ2v) is 14.5. The molecule has 1 saturated heterocycles. The first-order valence-electron chi connectivity index (χ1n) is 17.9. The van der Waals surface area contributed by atoms with Crippen LogP contribution in [0.1, 0.15) is 121 Å². The third-order valence-electron chi connectivity index (χ3n) is 9.52. The molecule has 0 unspecified atom stereocenters. The van der Waals surface area contributed by atoms with Crippen molar-refractivity contribution in [3.8, 4) is 11.5 Å². The highest BCUT2D eigenvalue weighted by molar-refractivity contribution is 5.69. The SMILES string of the molecule is CCC[C@H]1CC[C@H]([C@H](O)c2cccc(O)c2)C1.CCC[C@H]1CC[C@H]([C@H](O)c2cccc(OCc3ccccc3)c2)N1C(=O)OC(C)(C)C. The Balaban J connectivity index is 0.000000257. The summed E-state index contributed by atoms with van der Waals surface area (Å²) < 4.78 is 11.6. The fraction of sp³-hybridized carbons (Fsp3) is 0.537. The summed E-state index contributed by atoms with van der Waals surface area (Å²) in [6.45, 7) is 10.4. The molecule has 2 fully saturated rings. The number of amides is 1. The van der Waals surface area contributed by atoms with E-state index >= 15 is 0 Å². The minimum absolute atomic E-state index is 0.0945. The van der Waals surface area contributed by atoms with Crippen molar-refractivity contribution in [2.24, 2.45) is 11.8 Å². The molecule has 1 saturated carbocycles. The Kier molecular flexibility index (Phi) is 13.8. The zero-order chi connectivity index (χ0) is 34.7. The zero-order valence-electron chi connectivity index (χ0n) is 29.6. The molecule has 262 valence electrons. The van der Waals surface area contributed by atoms with E-state index in [4.69, 9.17) is 9.47 Å². The molecule has 3 aromatic rings. The van der Waals surface area contributed by atoms with Crippen LogP contribution in [0, 0.1) is 11.8 Å². The van der Waals surface area contributed by atoms with Crippen LogP contribution in [-0.2, 0) is 11.3 Å². The van der Waals surface area contributed by atoms with Gasteiger partial charge in [-0.3, -0.25) is 4.90 Å². The van der Waals surface area contributed by atoms with Crippen molar-refractivity contribution in [1.82, 2.24) is 4.90 Å². The second-order valence-electron chi connectivity index (χ2n) is 14.5. The number of phenolic OH excluding ortho intramolecular Hbond substituents is 1. The molecular formula is C41H57NO6. The number of phenols is 1. The van der Waals surface area contributed by atoms with Gasteiger partial charge in [0.1, 0.15) is 23.7 Å². The van der Waals surface area contributed by atoms with Gasteiger partial charge in [0.25, 0.3) is 0 Å². The lowest BCUT2D eigenvalue weighted by molar-refractivity contribution is -0.00541. The lowest BCUT2D eigenvalue weighted by atomic mass is 9.92. The van der Waals surface area contributed by atoms with Crippen LogP contribution in [0.4, 0.5) is 4.79 Å². The number of hydrogen-bond donors (Lipinski definition) is 3. The summed E-state index contributed by atoms with van der Waals surface area (Å²) in [4.78, 5) is 14.8. The number of hydrogen-bond acceptors (Lipinski definition) is 6. The summed E-state index contributed by atoms with van der Waals surface area (Å²) >= 11 is 0. The normalized spacial score (nSPS) is 22.0. The molecule has 2 aliphatic rings. The van der Waals surface area contributed by atoms with Gasteiger partial charge in [-0.25, -0.2) is 4.79 Å². The topological polar surface area (TPSA) is 99.5 Å². The van der Waals surface area contributed by atoms with Crippen LogP contribution in [0.25, 0.3) is 0 Å². The summed E-state index contributed by atoms with van der Waals surface area (Å²) in [5.41, 5.74) is 2.12. The average molecular weight is 660 g/mol. The maximum atomic E-state index is 13.0. The molecule has 7 heteroatoms. The van der Waals surface area contributed by atoms with Crippen LogP contribution in [0.15, 0.2) is 78.9 Å². The summed E-state index contributed by atoms with van der Waals surface area (Å²) in [6.07, 6.45) is 7.96. The molecule has 1 aliphatic heterocycles. The number of aliphatic hydroxyl groups excluding tert-OH is 2. The standard InChI is InChI=1S/C26H35NO4.C15H22O2/c1-5-10-21-15-16-23(27(21)25(29)31-26(2,3)4)24(28)20-13-9-14-22(17-20)30-18-19-11-7-6-8-12-19;1-2-4-11-7-8-13(9-11)15(17)12-5-3-6-14(16)10-12/h6-9,11-14,17,21,23-24,28H,5,10,15-16,18H2,1-4H3;3,5-6,10-11,13,15-17H,2,4,7-9H2,1H3/t21-,23+,24+;11-,13-,15+/m00/s1. The van der Waals surface area contributed by atoms with Crippen LogP contribution < -0.4 is 4.74 Å². The number of aliphatic hydroxyl groups is 2. The minimum atomic E-state index is -0.797. The first-order valence-corrected chi connectivity index (χ1v) is 17.9. The van der Waals surface area contributed by atoms with Crippen molar-refractivity contribution in [2.45, 2.75) is 129 Å². The predicted octanol–water partition coefficient (Wildman–Crippen LogP) is 9.51. The van der Waals surface area contributed by atoms with E-state index in [0.29, 0.717) is 18.3 Å².